The molecule has 11 heteroatoms. The SMILES string of the molecule is COC(=O)Cc1ncc(OC(F)(F)F)c(F)c1C(F)(F)F. The van der Waals surface area contributed by atoms with E-state index in [1.165, 1.54) is 0 Å². The molecule has 4 nitrogen and oxygen atoms in total. The number of rotatable bonds is 3. The summed E-state index contributed by atoms with van der Waals surface area (Å²) in [4.78, 5) is 13.9. The lowest BCUT2D eigenvalue weighted by Crippen LogP contribution is -2.22. The van der Waals surface area contributed by atoms with E-state index in [2.05, 4.69) is 14.5 Å². The number of pyridine rings is 1. The van der Waals surface area contributed by atoms with Gasteiger partial charge in [0.25, 0.3) is 0 Å². The van der Waals surface area contributed by atoms with Gasteiger partial charge in [-0.05, 0) is 0 Å². The van der Waals surface area contributed by atoms with E-state index in [0.717, 1.165) is 7.11 Å². The maximum Gasteiger partial charge on any atom is 0.573 e. The summed E-state index contributed by atoms with van der Waals surface area (Å²) < 4.78 is 94.7. The Balaban J connectivity index is 3.36. The molecular formula is C10H6F7NO3. The maximum absolute atomic E-state index is 13.6. The Morgan fingerprint density at radius 1 is 1.24 bits per heavy atom. The normalized spacial score (nSPS) is 12.2. The number of hydrogen-bond acceptors (Lipinski definition) is 4. The number of hydrogen-bond donors (Lipinski definition) is 0. The summed E-state index contributed by atoms with van der Waals surface area (Å²) in [7, 11) is 0.868. The van der Waals surface area contributed by atoms with Crippen LogP contribution in [0.5, 0.6) is 5.75 Å². The van der Waals surface area contributed by atoms with Crippen molar-refractivity contribution in [2.24, 2.45) is 0 Å². The standard InChI is InChI=1S/C10H6F7NO3/c1-20-6(19)2-4-7(9(12,13)14)8(11)5(3-18-4)21-10(15,16)17/h3H,2H2,1H3. The van der Waals surface area contributed by atoms with Crippen LogP contribution < -0.4 is 4.74 Å². The highest BCUT2D eigenvalue weighted by Crippen LogP contribution is 2.38. The van der Waals surface area contributed by atoms with Crippen LogP contribution in [0.4, 0.5) is 30.7 Å². The Kier molecular flexibility index (Phi) is 4.64. The summed E-state index contributed by atoms with van der Waals surface area (Å²) in [6.07, 6.45) is -11.7. The number of halogens is 7. The van der Waals surface area contributed by atoms with Crippen LogP contribution in [-0.4, -0.2) is 24.4 Å². The molecule has 21 heavy (non-hydrogen) atoms. The van der Waals surface area contributed by atoms with Gasteiger partial charge < -0.3 is 9.47 Å². The lowest BCUT2D eigenvalue weighted by Gasteiger charge is -2.16. The second kappa shape index (κ2) is 5.74. The molecule has 1 rings (SSSR count). The third kappa shape index (κ3) is 4.46. The van der Waals surface area contributed by atoms with Crippen LogP contribution in [0.25, 0.3) is 0 Å². The van der Waals surface area contributed by atoms with E-state index in [1.807, 2.05) is 0 Å². The first kappa shape index (κ1) is 17.0. The van der Waals surface area contributed by atoms with Crippen molar-refractivity contribution in [2.75, 3.05) is 7.11 Å². The second-order valence-corrected chi connectivity index (χ2v) is 3.56. The number of carbonyl (C=O) groups is 1. The van der Waals surface area contributed by atoms with Crippen LogP contribution in [0.3, 0.4) is 0 Å². The largest absolute Gasteiger partial charge is 0.573 e. The monoisotopic (exact) mass is 321 g/mol. The summed E-state index contributed by atoms with van der Waals surface area (Å²) in [6, 6.07) is 0. The molecule has 0 aliphatic rings. The van der Waals surface area contributed by atoms with Crippen LogP contribution in [0.1, 0.15) is 11.3 Å². The van der Waals surface area contributed by atoms with Gasteiger partial charge in [-0.25, -0.2) is 4.39 Å². The van der Waals surface area contributed by atoms with Crippen molar-refractivity contribution in [1.82, 2.24) is 4.98 Å². The van der Waals surface area contributed by atoms with Gasteiger partial charge in [-0.2, -0.15) is 13.2 Å². The minimum Gasteiger partial charge on any atom is -0.469 e. The molecule has 0 bridgehead atoms. The average Bonchev–Trinajstić information content (AvgIpc) is 2.29. The zero-order valence-corrected chi connectivity index (χ0v) is 10.1. The first-order valence-electron chi connectivity index (χ1n) is 5.03. The van der Waals surface area contributed by atoms with E-state index in [0.29, 0.717) is 0 Å². The molecule has 118 valence electrons. The summed E-state index contributed by atoms with van der Waals surface area (Å²) in [5.41, 5.74) is -3.23. The number of aromatic nitrogens is 1. The zero-order valence-electron chi connectivity index (χ0n) is 10.1. The zero-order chi connectivity index (χ0) is 16.4. The Hall–Kier alpha value is -2.07. The summed E-state index contributed by atoms with van der Waals surface area (Å²) in [5, 5.41) is 0. The molecule has 0 aliphatic carbocycles. The van der Waals surface area contributed by atoms with Crippen molar-refractivity contribution in [2.45, 2.75) is 19.0 Å². The fourth-order valence-corrected chi connectivity index (χ4v) is 1.33. The molecule has 0 N–H and O–H groups in total. The Bertz CT molecular complexity index is 539. The summed E-state index contributed by atoms with van der Waals surface area (Å²) in [5.74, 6) is -5.23. The average molecular weight is 321 g/mol. The fraction of sp³-hybridized carbons (Fsp3) is 0.400. The van der Waals surface area contributed by atoms with Crippen LogP contribution in [0.15, 0.2) is 6.20 Å². The van der Waals surface area contributed by atoms with Gasteiger partial charge in [0.2, 0.25) is 0 Å². The number of nitrogens with zero attached hydrogens (tertiary/aromatic N) is 1. The predicted octanol–water partition coefficient (Wildman–Crippen LogP) is 2.85. The third-order valence-corrected chi connectivity index (χ3v) is 2.11. The predicted molar refractivity (Wildman–Crippen MR) is 51.6 cm³/mol. The molecule has 0 fully saturated rings. The van der Waals surface area contributed by atoms with Crippen molar-refractivity contribution in [3.8, 4) is 5.75 Å². The number of ether oxygens (including phenoxy) is 2. The van der Waals surface area contributed by atoms with E-state index < -0.39 is 47.8 Å². The van der Waals surface area contributed by atoms with Gasteiger partial charge >= 0.3 is 18.5 Å². The minimum atomic E-state index is -5.39. The van der Waals surface area contributed by atoms with Gasteiger partial charge in [0.05, 0.1) is 25.4 Å². The maximum atomic E-state index is 13.6. The van der Waals surface area contributed by atoms with Gasteiger partial charge in [-0.3, -0.25) is 9.78 Å². The highest BCUT2D eigenvalue weighted by molar-refractivity contribution is 5.72. The van der Waals surface area contributed by atoms with Crippen molar-refractivity contribution in [1.29, 1.82) is 0 Å². The number of alkyl halides is 6. The van der Waals surface area contributed by atoms with E-state index >= 15 is 0 Å². The minimum absolute atomic E-state index is 0.107. The van der Waals surface area contributed by atoms with Gasteiger partial charge in [0.15, 0.2) is 11.6 Å². The van der Waals surface area contributed by atoms with E-state index in [9.17, 15) is 35.5 Å². The topological polar surface area (TPSA) is 48.4 Å². The highest BCUT2D eigenvalue weighted by atomic mass is 19.4. The van der Waals surface area contributed by atoms with Crippen LogP contribution in [0.2, 0.25) is 0 Å². The number of esters is 1. The quantitative estimate of drug-likeness (QED) is 0.634. The molecule has 0 saturated heterocycles. The van der Waals surface area contributed by atoms with Crippen molar-refractivity contribution < 1.29 is 45.0 Å². The Labute approximate surface area is 112 Å². The third-order valence-electron chi connectivity index (χ3n) is 2.11. The van der Waals surface area contributed by atoms with Gasteiger partial charge in [-0.15, -0.1) is 13.2 Å². The van der Waals surface area contributed by atoms with Crippen molar-refractivity contribution in [3.63, 3.8) is 0 Å². The number of carbonyl (C=O) groups excluding carboxylic acids is 1. The molecule has 0 amide bonds. The molecule has 1 aromatic heterocycles. The molecule has 1 heterocycles. The summed E-state index contributed by atoms with van der Waals surface area (Å²) in [6.45, 7) is 0. The van der Waals surface area contributed by atoms with Gasteiger partial charge in [0, 0.05) is 0 Å². The molecule has 0 aliphatic heterocycles. The molecule has 0 atom stereocenters. The molecular weight excluding hydrogens is 315 g/mol. The van der Waals surface area contributed by atoms with Crippen molar-refractivity contribution >= 4 is 5.97 Å². The first-order chi connectivity index (χ1) is 9.45. The van der Waals surface area contributed by atoms with Crippen molar-refractivity contribution in [3.05, 3.63) is 23.3 Å². The highest BCUT2D eigenvalue weighted by Gasteiger charge is 2.41. The molecule has 0 saturated carbocycles. The van der Waals surface area contributed by atoms with E-state index in [1.54, 1.807) is 0 Å². The van der Waals surface area contributed by atoms with Crippen LogP contribution >= 0.6 is 0 Å². The van der Waals surface area contributed by atoms with Crippen LogP contribution in [0, 0.1) is 5.82 Å². The number of methoxy groups -OCH3 is 1. The smallest absolute Gasteiger partial charge is 0.469 e. The molecule has 0 unspecified atom stereocenters. The first-order valence-corrected chi connectivity index (χ1v) is 5.03. The molecule has 0 spiro atoms. The van der Waals surface area contributed by atoms with E-state index in [-0.39, 0.29) is 6.20 Å². The van der Waals surface area contributed by atoms with Gasteiger partial charge in [-0.1, -0.05) is 0 Å². The lowest BCUT2D eigenvalue weighted by molar-refractivity contribution is -0.276. The molecule has 0 radical (unpaired) electrons. The van der Waals surface area contributed by atoms with Gasteiger partial charge in [0.1, 0.15) is 5.56 Å². The second-order valence-electron chi connectivity index (χ2n) is 3.56. The Morgan fingerprint density at radius 3 is 2.24 bits per heavy atom. The van der Waals surface area contributed by atoms with Crippen LogP contribution in [-0.2, 0) is 22.1 Å². The molecule has 0 aromatic carbocycles. The fourth-order valence-electron chi connectivity index (χ4n) is 1.33. The molecule has 1 aromatic rings. The Morgan fingerprint density at radius 2 is 1.81 bits per heavy atom. The summed E-state index contributed by atoms with van der Waals surface area (Å²) >= 11 is 0. The van der Waals surface area contributed by atoms with E-state index in [4.69, 9.17) is 0 Å². The lowest BCUT2D eigenvalue weighted by atomic mass is 10.1.